The molecular weight excluding hydrogens is 362 g/mol. The Bertz CT molecular complexity index is 497. The minimum Gasteiger partial charge on any atom is -0.463 e. The third-order valence-corrected chi connectivity index (χ3v) is 3.03. The van der Waals surface area contributed by atoms with E-state index in [9.17, 15) is 19.2 Å². The number of hydrogen-bond donors (Lipinski definition) is 1. The van der Waals surface area contributed by atoms with Crippen molar-refractivity contribution in [2.24, 2.45) is 5.73 Å². The Balaban J connectivity index is 0.00000576. The van der Waals surface area contributed by atoms with E-state index in [0.717, 1.165) is 20.8 Å². The summed E-state index contributed by atoms with van der Waals surface area (Å²) >= 11 is 0. The molecule has 5 atom stereocenters. The van der Waals surface area contributed by atoms with Gasteiger partial charge in [-0.15, -0.1) is 12.4 Å². The zero-order valence-corrected chi connectivity index (χ0v) is 15.1. The van der Waals surface area contributed by atoms with E-state index >= 15 is 0 Å². The van der Waals surface area contributed by atoms with Crippen LogP contribution < -0.4 is 5.73 Å². The molecule has 25 heavy (non-hydrogen) atoms. The molecule has 0 aromatic rings. The predicted molar refractivity (Wildman–Crippen MR) is 83.4 cm³/mol. The van der Waals surface area contributed by atoms with Crippen LogP contribution in [0.4, 0.5) is 0 Å². The van der Waals surface area contributed by atoms with Crippen molar-refractivity contribution in [2.75, 3.05) is 6.61 Å². The summed E-state index contributed by atoms with van der Waals surface area (Å²) in [6.07, 6.45) is -4.58. The number of esters is 4. The van der Waals surface area contributed by atoms with Gasteiger partial charge in [0.25, 0.3) is 0 Å². The molecule has 1 unspecified atom stereocenters. The molecule has 1 rings (SSSR count). The van der Waals surface area contributed by atoms with Gasteiger partial charge in [0.2, 0.25) is 6.29 Å². The molecule has 0 spiro atoms. The fraction of sp³-hybridized carbons (Fsp3) is 0.714. The average Bonchev–Trinajstić information content (AvgIpc) is 2.42. The zero-order chi connectivity index (χ0) is 18.4. The van der Waals surface area contributed by atoms with E-state index in [0.29, 0.717) is 0 Å². The first-order valence-electron chi connectivity index (χ1n) is 7.18. The molecule has 10 nitrogen and oxygen atoms in total. The van der Waals surface area contributed by atoms with E-state index in [-0.39, 0.29) is 19.0 Å². The number of halogens is 1. The fourth-order valence-corrected chi connectivity index (χ4v) is 2.20. The highest BCUT2D eigenvalue weighted by Crippen LogP contribution is 2.26. The smallest absolute Gasteiger partial charge is 0.304 e. The molecule has 1 heterocycles. The first-order valence-corrected chi connectivity index (χ1v) is 7.18. The van der Waals surface area contributed by atoms with Gasteiger partial charge in [-0.2, -0.15) is 0 Å². The van der Waals surface area contributed by atoms with Gasteiger partial charge in [0.1, 0.15) is 18.8 Å². The molecule has 11 heteroatoms. The van der Waals surface area contributed by atoms with Crippen molar-refractivity contribution in [1.29, 1.82) is 0 Å². The number of hydrogen-bond acceptors (Lipinski definition) is 10. The van der Waals surface area contributed by atoms with Crippen LogP contribution in [-0.2, 0) is 42.9 Å². The monoisotopic (exact) mass is 383 g/mol. The van der Waals surface area contributed by atoms with Gasteiger partial charge in [-0.1, -0.05) is 0 Å². The molecule has 0 amide bonds. The number of carbonyl (C=O) groups excluding carboxylic acids is 4. The Hall–Kier alpha value is -1.91. The van der Waals surface area contributed by atoms with Crippen molar-refractivity contribution in [3.63, 3.8) is 0 Å². The summed E-state index contributed by atoms with van der Waals surface area (Å²) in [5.41, 5.74) is 5.93. The fourth-order valence-electron chi connectivity index (χ4n) is 2.20. The molecule has 144 valence electrons. The van der Waals surface area contributed by atoms with Gasteiger partial charge < -0.3 is 29.4 Å². The van der Waals surface area contributed by atoms with E-state index in [1.807, 2.05) is 0 Å². The molecule has 0 bridgehead atoms. The Morgan fingerprint density at radius 1 is 0.840 bits per heavy atom. The van der Waals surface area contributed by atoms with Gasteiger partial charge in [0, 0.05) is 27.7 Å². The topological polar surface area (TPSA) is 140 Å². The predicted octanol–water partition coefficient (Wildman–Crippen LogP) is -0.550. The zero-order valence-electron chi connectivity index (χ0n) is 14.3. The Morgan fingerprint density at radius 3 is 1.76 bits per heavy atom. The number of ether oxygens (including phenoxy) is 5. The van der Waals surface area contributed by atoms with E-state index in [2.05, 4.69) is 0 Å². The molecule has 0 radical (unpaired) electrons. The molecule has 1 aliphatic heterocycles. The summed E-state index contributed by atoms with van der Waals surface area (Å²) in [5.74, 6) is -2.62. The highest BCUT2D eigenvalue weighted by molar-refractivity contribution is 5.85. The lowest BCUT2D eigenvalue weighted by atomic mass is 9.97. The summed E-state index contributed by atoms with van der Waals surface area (Å²) in [6, 6.07) is -1.10. The van der Waals surface area contributed by atoms with Gasteiger partial charge >= 0.3 is 23.9 Å². The van der Waals surface area contributed by atoms with Crippen molar-refractivity contribution < 1.29 is 42.9 Å². The average molecular weight is 384 g/mol. The van der Waals surface area contributed by atoms with Crippen LogP contribution in [0.1, 0.15) is 27.7 Å². The lowest BCUT2D eigenvalue weighted by molar-refractivity contribution is -0.267. The van der Waals surface area contributed by atoms with Gasteiger partial charge in [0.05, 0.1) is 0 Å². The highest BCUT2D eigenvalue weighted by Gasteiger charge is 2.50. The lowest BCUT2D eigenvalue weighted by Gasteiger charge is -2.42. The Morgan fingerprint density at radius 2 is 1.32 bits per heavy atom. The van der Waals surface area contributed by atoms with Gasteiger partial charge in [-0.25, -0.2) is 0 Å². The Kier molecular flexibility index (Phi) is 9.39. The molecule has 1 fully saturated rings. The van der Waals surface area contributed by atoms with Crippen molar-refractivity contribution >= 4 is 36.3 Å². The van der Waals surface area contributed by atoms with Crippen LogP contribution in [0, 0.1) is 0 Å². The standard InChI is InChI=1S/C14H21NO9.ClH/c1-6(16)20-5-10-12(21-7(2)17)13(22-8(3)18)11(15)14(24-10)23-9(4)19;/h10-14H,5,15H2,1-4H3;1H/t10?,11-,12-,13+,14-;/m0./s1. The lowest BCUT2D eigenvalue weighted by Crippen LogP contribution is -2.65. The molecular formula is C14H22ClNO9. The van der Waals surface area contributed by atoms with Crippen LogP contribution in [0.2, 0.25) is 0 Å². The summed E-state index contributed by atoms with van der Waals surface area (Å²) in [4.78, 5) is 44.9. The maximum atomic E-state index is 11.3. The maximum Gasteiger partial charge on any atom is 0.304 e. The quantitative estimate of drug-likeness (QED) is 0.485. The number of nitrogens with two attached hydrogens (primary N) is 1. The van der Waals surface area contributed by atoms with Crippen LogP contribution in [0.25, 0.3) is 0 Å². The third kappa shape index (κ3) is 7.24. The van der Waals surface area contributed by atoms with Crippen molar-refractivity contribution in [3.8, 4) is 0 Å². The number of rotatable bonds is 5. The van der Waals surface area contributed by atoms with Crippen LogP contribution in [0.15, 0.2) is 0 Å². The Labute approximate surface area is 150 Å². The summed E-state index contributed by atoms with van der Waals surface area (Å²) in [5, 5.41) is 0. The van der Waals surface area contributed by atoms with Gasteiger partial charge in [0.15, 0.2) is 12.2 Å². The van der Waals surface area contributed by atoms with E-state index in [1.165, 1.54) is 6.92 Å². The second kappa shape index (κ2) is 10.2. The molecule has 1 aliphatic rings. The second-order valence-electron chi connectivity index (χ2n) is 5.18. The molecule has 0 aromatic carbocycles. The van der Waals surface area contributed by atoms with Crippen molar-refractivity contribution in [2.45, 2.75) is 58.3 Å². The first kappa shape index (κ1) is 23.1. The minimum atomic E-state index is -1.26. The van der Waals surface area contributed by atoms with E-state index in [1.54, 1.807) is 0 Å². The molecule has 1 saturated heterocycles. The van der Waals surface area contributed by atoms with E-state index in [4.69, 9.17) is 29.4 Å². The summed E-state index contributed by atoms with van der Waals surface area (Å²) in [6.45, 7) is 4.32. The SMILES string of the molecule is CC(=O)OCC1O[C@H](OC(C)=O)[C@@H](N)[C@@H](OC(C)=O)[C@H]1OC(C)=O.Cl. The molecule has 0 aliphatic carbocycles. The largest absolute Gasteiger partial charge is 0.463 e. The summed E-state index contributed by atoms with van der Waals surface area (Å²) in [7, 11) is 0. The van der Waals surface area contributed by atoms with E-state index < -0.39 is 54.5 Å². The van der Waals surface area contributed by atoms with Crippen LogP contribution >= 0.6 is 12.4 Å². The molecule has 0 saturated carbocycles. The van der Waals surface area contributed by atoms with Gasteiger partial charge in [-0.05, 0) is 0 Å². The normalized spacial score (nSPS) is 28.1. The second-order valence-corrected chi connectivity index (χ2v) is 5.18. The van der Waals surface area contributed by atoms with Crippen LogP contribution in [0.3, 0.4) is 0 Å². The maximum absolute atomic E-state index is 11.3. The molecule has 2 N–H and O–H groups in total. The van der Waals surface area contributed by atoms with Crippen LogP contribution in [0.5, 0.6) is 0 Å². The van der Waals surface area contributed by atoms with Crippen molar-refractivity contribution in [1.82, 2.24) is 0 Å². The molecule has 0 aromatic heterocycles. The highest BCUT2D eigenvalue weighted by atomic mass is 35.5. The number of carbonyl (C=O) groups is 4. The minimum absolute atomic E-state index is 0. The first-order chi connectivity index (χ1) is 11.1. The van der Waals surface area contributed by atoms with Crippen molar-refractivity contribution in [3.05, 3.63) is 0 Å². The van der Waals surface area contributed by atoms with Crippen LogP contribution in [-0.4, -0.2) is 61.1 Å². The van der Waals surface area contributed by atoms with Gasteiger partial charge in [-0.3, -0.25) is 19.2 Å². The summed E-state index contributed by atoms with van der Waals surface area (Å²) < 4.78 is 25.5. The third-order valence-electron chi connectivity index (χ3n) is 3.03.